The molecule has 2 N–H and O–H groups in total. The molecule has 0 saturated carbocycles. The number of hydrogen-bond acceptors (Lipinski definition) is 3. The smallest absolute Gasteiger partial charge is 0.228 e. The van der Waals surface area contributed by atoms with E-state index in [1.807, 2.05) is 24.3 Å². The van der Waals surface area contributed by atoms with Gasteiger partial charge in [-0.25, -0.2) is 4.39 Å². The first-order valence-electron chi connectivity index (χ1n) is 7.72. The number of nitrogens with zero attached hydrogens (tertiary/aromatic N) is 1. The molecule has 0 spiro atoms. The summed E-state index contributed by atoms with van der Waals surface area (Å²) < 4.78 is 13.6. The number of amides is 2. The van der Waals surface area contributed by atoms with Gasteiger partial charge in [0.25, 0.3) is 0 Å². The van der Waals surface area contributed by atoms with Crippen LogP contribution in [0.25, 0.3) is 0 Å². The van der Waals surface area contributed by atoms with Gasteiger partial charge < -0.3 is 10.6 Å². The first-order valence-corrected chi connectivity index (χ1v) is 7.72. The molecule has 2 amide bonds. The van der Waals surface area contributed by atoms with E-state index < -0.39 is 11.7 Å². The molecule has 1 aromatic carbocycles. The standard InChI is InChI=1S/C18H20FN3O2/c1-12(17-16(19)4-3-10-20-17)18(24)21-11-9-14-5-7-15(8-6-14)22-13(2)23/h3-8,10,12H,9,11H2,1-2H3,(H,21,24)(H,22,23). The number of pyridine rings is 1. The number of hydrogen-bond donors (Lipinski definition) is 2. The second-order valence-electron chi connectivity index (χ2n) is 5.51. The summed E-state index contributed by atoms with van der Waals surface area (Å²) in [5.41, 5.74) is 1.91. The molecule has 1 aromatic heterocycles. The highest BCUT2D eigenvalue weighted by Crippen LogP contribution is 2.16. The van der Waals surface area contributed by atoms with Gasteiger partial charge in [-0.05, 0) is 43.2 Å². The van der Waals surface area contributed by atoms with Crippen LogP contribution in [-0.4, -0.2) is 23.3 Å². The Morgan fingerprint density at radius 3 is 2.54 bits per heavy atom. The Balaban J connectivity index is 1.84. The summed E-state index contributed by atoms with van der Waals surface area (Å²) in [6.45, 7) is 3.52. The van der Waals surface area contributed by atoms with Crippen LogP contribution < -0.4 is 10.6 Å². The van der Waals surface area contributed by atoms with Gasteiger partial charge in [-0.2, -0.15) is 0 Å². The van der Waals surface area contributed by atoms with Crippen molar-refractivity contribution in [3.8, 4) is 0 Å². The van der Waals surface area contributed by atoms with Crippen molar-refractivity contribution in [2.45, 2.75) is 26.2 Å². The summed E-state index contributed by atoms with van der Waals surface area (Å²) in [5, 5.41) is 5.48. The van der Waals surface area contributed by atoms with E-state index in [1.54, 1.807) is 6.92 Å². The number of carbonyl (C=O) groups excluding carboxylic acids is 2. The van der Waals surface area contributed by atoms with Crippen molar-refractivity contribution >= 4 is 17.5 Å². The van der Waals surface area contributed by atoms with Crippen LogP contribution in [0.15, 0.2) is 42.6 Å². The molecule has 0 aliphatic carbocycles. The van der Waals surface area contributed by atoms with E-state index in [0.717, 1.165) is 11.3 Å². The molecule has 0 aliphatic rings. The summed E-state index contributed by atoms with van der Waals surface area (Å²) >= 11 is 0. The number of aromatic nitrogens is 1. The van der Waals surface area contributed by atoms with Gasteiger partial charge >= 0.3 is 0 Å². The molecular formula is C18H20FN3O2. The average Bonchev–Trinajstić information content (AvgIpc) is 2.55. The van der Waals surface area contributed by atoms with E-state index in [1.165, 1.54) is 25.3 Å². The third-order valence-corrected chi connectivity index (χ3v) is 3.58. The van der Waals surface area contributed by atoms with Crippen LogP contribution in [0.2, 0.25) is 0 Å². The number of carbonyl (C=O) groups is 2. The average molecular weight is 329 g/mol. The van der Waals surface area contributed by atoms with Crippen molar-refractivity contribution in [3.05, 3.63) is 59.7 Å². The van der Waals surface area contributed by atoms with E-state index in [0.29, 0.717) is 13.0 Å². The van der Waals surface area contributed by atoms with Gasteiger partial charge in [0.1, 0.15) is 5.82 Å². The lowest BCUT2D eigenvalue weighted by molar-refractivity contribution is -0.122. The molecule has 24 heavy (non-hydrogen) atoms. The fourth-order valence-corrected chi connectivity index (χ4v) is 2.28. The zero-order chi connectivity index (χ0) is 17.5. The zero-order valence-electron chi connectivity index (χ0n) is 13.7. The highest BCUT2D eigenvalue weighted by atomic mass is 19.1. The molecule has 1 unspecified atom stereocenters. The Morgan fingerprint density at radius 2 is 1.92 bits per heavy atom. The lowest BCUT2D eigenvalue weighted by Crippen LogP contribution is -2.30. The second kappa shape index (κ2) is 8.19. The Hall–Kier alpha value is -2.76. The maximum atomic E-state index is 13.6. The van der Waals surface area contributed by atoms with Gasteiger partial charge in [-0.3, -0.25) is 14.6 Å². The van der Waals surface area contributed by atoms with Gasteiger partial charge in [-0.1, -0.05) is 12.1 Å². The number of benzene rings is 1. The van der Waals surface area contributed by atoms with Crippen molar-refractivity contribution in [2.75, 3.05) is 11.9 Å². The molecule has 2 aromatic rings. The maximum absolute atomic E-state index is 13.6. The van der Waals surface area contributed by atoms with E-state index in [-0.39, 0.29) is 17.5 Å². The fourth-order valence-electron chi connectivity index (χ4n) is 2.28. The number of rotatable bonds is 6. The monoisotopic (exact) mass is 329 g/mol. The molecule has 0 aliphatic heterocycles. The van der Waals surface area contributed by atoms with Crippen LogP contribution in [0.4, 0.5) is 10.1 Å². The summed E-state index contributed by atoms with van der Waals surface area (Å²) in [6, 6.07) is 10.2. The van der Waals surface area contributed by atoms with Crippen molar-refractivity contribution in [1.82, 2.24) is 10.3 Å². The molecule has 126 valence electrons. The molecule has 0 radical (unpaired) electrons. The predicted molar refractivity (Wildman–Crippen MR) is 90.1 cm³/mol. The molecule has 1 heterocycles. The minimum atomic E-state index is -0.645. The maximum Gasteiger partial charge on any atom is 0.228 e. The second-order valence-corrected chi connectivity index (χ2v) is 5.51. The highest BCUT2D eigenvalue weighted by Gasteiger charge is 2.19. The summed E-state index contributed by atoms with van der Waals surface area (Å²) in [5.74, 6) is -1.50. The predicted octanol–water partition coefficient (Wildman–Crippen LogP) is 2.64. The first-order chi connectivity index (χ1) is 11.5. The van der Waals surface area contributed by atoms with Gasteiger partial charge in [0.15, 0.2) is 0 Å². The zero-order valence-corrected chi connectivity index (χ0v) is 13.7. The molecule has 0 fully saturated rings. The number of anilines is 1. The molecule has 1 atom stereocenters. The summed E-state index contributed by atoms with van der Waals surface area (Å²) in [6.07, 6.45) is 2.11. The summed E-state index contributed by atoms with van der Waals surface area (Å²) in [4.78, 5) is 27.0. The Morgan fingerprint density at radius 1 is 1.21 bits per heavy atom. The van der Waals surface area contributed by atoms with E-state index in [4.69, 9.17) is 0 Å². The van der Waals surface area contributed by atoms with Crippen molar-refractivity contribution in [3.63, 3.8) is 0 Å². The van der Waals surface area contributed by atoms with Crippen LogP contribution in [0.5, 0.6) is 0 Å². The molecule has 2 rings (SSSR count). The Labute approximate surface area is 140 Å². The third-order valence-electron chi connectivity index (χ3n) is 3.58. The minimum absolute atomic E-state index is 0.120. The van der Waals surface area contributed by atoms with Gasteiger partial charge in [0.05, 0.1) is 11.6 Å². The quantitative estimate of drug-likeness (QED) is 0.856. The normalized spacial score (nSPS) is 11.6. The summed E-state index contributed by atoms with van der Waals surface area (Å²) in [7, 11) is 0. The Bertz CT molecular complexity index is 716. The minimum Gasteiger partial charge on any atom is -0.355 e. The molecular weight excluding hydrogens is 309 g/mol. The SMILES string of the molecule is CC(=O)Nc1ccc(CCNC(=O)C(C)c2ncccc2F)cc1. The van der Waals surface area contributed by atoms with E-state index in [2.05, 4.69) is 15.6 Å². The fraction of sp³-hybridized carbons (Fsp3) is 0.278. The first kappa shape index (κ1) is 17.6. The van der Waals surface area contributed by atoms with Gasteiger partial charge in [0.2, 0.25) is 11.8 Å². The van der Waals surface area contributed by atoms with Crippen molar-refractivity contribution in [2.24, 2.45) is 0 Å². The van der Waals surface area contributed by atoms with Gasteiger partial charge in [-0.15, -0.1) is 0 Å². The molecule has 6 heteroatoms. The molecule has 5 nitrogen and oxygen atoms in total. The molecule has 0 bridgehead atoms. The van der Waals surface area contributed by atoms with E-state index in [9.17, 15) is 14.0 Å². The number of nitrogens with one attached hydrogen (secondary N) is 2. The van der Waals surface area contributed by atoms with Crippen molar-refractivity contribution < 1.29 is 14.0 Å². The van der Waals surface area contributed by atoms with Crippen LogP contribution >= 0.6 is 0 Å². The van der Waals surface area contributed by atoms with Crippen LogP contribution in [0, 0.1) is 5.82 Å². The lowest BCUT2D eigenvalue weighted by Gasteiger charge is -2.12. The van der Waals surface area contributed by atoms with Gasteiger partial charge in [0, 0.05) is 25.4 Å². The topological polar surface area (TPSA) is 71.1 Å². The van der Waals surface area contributed by atoms with Crippen molar-refractivity contribution in [1.29, 1.82) is 0 Å². The number of halogens is 1. The highest BCUT2D eigenvalue weighted by molar-refractivity contribution is 5.88. The third kappa shape index (κ3) is 4.87. The van der Waals surface area contributed by atoms with E-state index >= 15 is 0 Å². The Kier molecular flexibility index (Phi) is 6.01. The van der Waals surface area contributed by atoms with Crippen LogP contribution in [0.3, 0.4) is 0 Å². The lowest BCUT2D eigenvalue weighted by atomic mass is 10.1. The largest absolute Gasteiger partial charge is 0.355 e. The van der Waals surface area contributed by atoms with Crippen LogP contribution in [-0.2, 0) is 16.0 Å². The molecule has 0 saturated heterocycles. The van der Waals surface area contributed by atoms with Crippen LogP contribution in [0.1, 0.15) is 31.0 Å².